The number of nitrogens with zero attached hydrogens (tertiary/aromatic N) is 3. The molecule has 0 N–H and O–H groups in total. The lowest BCUT2D eigenvalue weighted by Gasteiger charge is -2.43. The van der Waals surface area contributed by atoms with E-state index in [0.29, 0.717) is 29.5 Å². The predicted molar refractivity (Wildman–Crippen MR) is 203 cm³/mol. The van der Waals surface area contributed by atoms with E-state index in [-0.39, 0.29) is 11.2 Å². The number of hydrogen-bond donors (Lipinski definition) is 0. The van der Waals surface area contributed by atoms with Gasteiger partial charge in [-0.1, -0.05) is 119 Å². The molecular weight excluding hydrogens is 609 g/mol. The third-order valence-corrected chi connectivity index (χ3v) is 15.5. The van der Waals surface area contributed by atoms with Gasteiger partial charge < -0.3 is 0 Å². The summed E-state index contributed by atoms with van der Waals surface area (Å²) < 4.78 is 9.42. The molecule has 0 bridgehead atoms. The number of hydrogen-bond acceptors (Lipinski definition) is 3. The van der Waals surface area contributed by atoms with Crippen molar-refractivity contribution < 1.29 is 0 Å². The molecule has 2 aliphatic carbocycles. The van der Waals surface area contributed by atoms with Crippen LogP contribution in [-0.2, 0) is 11.1 Å². The lowest BCUT2D eigenvalue weighted by atomic mass is 9.73. The van der Waals surface area contributed by atoms with Crippen molar-refractivity contribution in [1.82, 2.24) is 9.13 Å². The first-order chi connectivity index (χ1) is 23.0. The lowest BCUT2D eigenvalue weighted by molar-refractivity contribution is 0.119. The fraction of sp³-hybridized carbons (Fsp3) is 0.476. The summed E-state index contributed by atoms with van der Waals surface area (Å²) in [5, 5.41) is 3.29. The Bertz CT molecular complexity index is 1760. The van der Waals surface area contributed by atoms with Crippen LogP contribution >= 0.6 is 7.05 Å². The predicted octanol–water partition coefficient (Wildman–Crippen LogP) is 8.94. The lowest BCUT2D eigenvalue weighted by Crippen LogP contribution is -2.55. The monoisotopic (exact) mass is 663 g/mol. The summed E-state index contributed by atoms with van der Waals surface area (Å²) in [7, 11) is -2.72. The molecule has 1 heterocycles. The van der Waals surface area contributed by atoms with Crippen LogP contribution in [0.2, 0.25) is 0 Å². The summed E-state index contributed by atoms with van der Waals surface area (Å²) in [6.45, 7) is 13.6. The molecule has 2 saturated carbocycles. The van der Waals surface area contributed by atoms with Gasteiger partial charge >= 0.3 is 5.69 Å². The molecule has 48 heavy (non-hydrogen) atoms. The average Bonchev–Trinajstić information content (AvgIpc) is 3.08. The Morgan fingerprint density at radius 2 is 0.958 bits per heavy atom. The molecule has 0 unspecified atom stereocenters. The van der Waals surface area contributed by atoms with E-state index in [0.717, 1.165) is 67.3 Å². The second-order valence-electron chi connectivity index (χ2n) is 15.7. The van der Waals surface area contributed by atoms with E-state index >= 15 is 4.79 Å². The second kappa shape index (κ2) is 13.8. The summed E-state index contributed by atoms with van der Waals surface area (Å²) in [6, 6.07) is 33.2. The Labute approximate surface area is 287 Å². The zero-order valence-electron chi connectivity index (χ0n) is 29.8. The normalized spacial score (nSPS) is 24.9. The summed E-state index contributed by atoms with van der Waals surface area (Å²) in [5.74, 6) is 2.98. The zero-order chi connectivity index (χ0) is 34.1. The van der Waals surface area contributed by atoms with E-state index in [2.05, 4.69) is 114 Å². The van der Waals surface area contributed by atoms with Crippen LogP contribution in [0, 0.1) is 23.7 Å². The van der Waals surface area contributed by atoms with Gasteiger partial charge in [0.25, 0.3) is 5.56 Å². The van der Waals surface area contributed by atoms with Gasteiger partial charge in [-0.05, 0) is 88.9 Å². The highest BCUT2D eigenvalue weighted by atomic mass is 31.2. The van der Waals surface area contributed by atoms with Gasteiger partial charge in [0.05, 0.1) is 7.05 Å². The third kappa shape index (κ3) is 6.36. The third-order valence-electron chi connectivity index (χ3n) is 11.9. The molecule has 0 amide bonds. The average molecular weight is 664 g/mol. The van der Waals surface area contributed by atoms with E-state index in [1.165, 1.54) is 0 Å². The van der Waals surface area contributed by atoms with Crippen molar-refractivity contribution in [3.63, 3.8) is 0 Å². The summed E-state index contributed by atoms with van der Waals surface area (Å²) in [6.07, 6.45) is 7.62. The fourth-order valence-electron chi connectivity index (χ4n) is 8.62. The van der Waals surface area contributed by atoms with Crippen LogP contribution in [0.5, 0.6) is 0 Å². The Hall–Kier alpha value is -3.43. The molecular formula is C42H54N3O2P. The van der Waals surface area contributed by atoms with Gasteiger partial charge in [-0.25, -0.2) is 9.54 Å². The van der Waals surface area contributed by atoms with Gasteiger partial charge in [0.15, 0.2) is 0 Å². The van der Waals surface area contributed by atoms with Gasteiger partial charge in [-0.15, -0.1) is 0 Å². The van der Waals surface area contributed by atoms with Crippen molar-refractivity contribution in [1.29, 1.82) is 0 Å². The summed E-state index contributed by atoms with van der Waals surface area (Å²) in [4.78, 5) is 29.7. The molecule has 0 spiro atoms. The van der Waals surface area contributed by atoms with E-state index in [9.17, 15) is 4.79 Å². The maximum atomic E-state index is 15.2. The molecule has 2 aliphatic rings. The quantitative estimate of drug-likeness (QED) is 0.177. The molecule has 0 aliphatic heterocycles. The Balaban J connectivity index is 1.67. The van der Waals surface area contributed by atoms with Crippen LogP contribution in [0.15, 0.2) is 111 Å². The van der Waals surface area contributed by atoms with Gasteiger partial charge in [0.2, 0.25) is 0 Å². The molecule has 2 fully saturated rings. The topological polar surface area (TPSA) is 56.4 Å². The molecule has 254 valence electrons. The largest absolute Gasteiger partial charge is 0.333 e. The molecule has 0 radical (unpaired) electrons. The first kappa shape index (κ1) is 34.4. The zero-order valence-corrected chi connectivity index (χ0v) is 30.7. The van der Waals surface area contributed by atoms with Crippen LogP contribution < -0.4 is 27.2 Å². The van der Waals surface area contributed by atoms with E-state index in [1.54, 1.807) is 10.6 Å². The molecule has 0 atom stereocenters. The van der Waals surface area contributed by atoms with Crippen molar-refractivity contribution in [2.75, 3.05) is 0 Å². The molecule has 4 aromatic rings. The van der Waals surface area contributed by atoms with Crippen LogP contribution in [-0.4, -0.2) is 9.13 Å². The first-order valence-corrected chi connectivity index (χ1v) is 19.9. The smallest absolute Gasteiger partial charge is 0.272 e. The Morgan fingerprint density at radius 1 is 0.604 bits per heavy atom. The van der Waals surface area contributed by atoms with Crippen LogP contribution in [0.3, 0.4) is 0 Å². The standard InChI is InChI=1S/C42H54N3O2P/c1-31(2)33-22-26-41(5,27-23-33)44-38(30-39(46)45(40(44)47)42(6)28-24-34(25-29-42)32(3)4)43-48(35-16-10-7-11-17-35,36-18-12-8-13-19-36)37-20-14-9-15-21-37/h7-21,30-34H,22-29H2,1-6H3. The maximum absolute atomic E-state index is 15.2. The number of benzene rings is 3. The fourth-order valence-corrected chi connectivity index (χ4v) is 12.1. The van der Waals surface area contributed by atoms with Gasteiger partial charge in [-0.3, -0.25) is 13.9 Å². The van der Waals surface area contributed by atoms with Crippen molar-refractivity contribution >= 4 is 28.8 Å². The molecule has 1 aromatic heterocycles. The highest BCUT2D eigenvalue weighted by Crippen LogP contribution is 2.50. The Kier molecular flexibility index (Phi) is 9.92. The highest BCUT2D eigenvalue weighted by Gasteiger charge is 2.41. The van der Waals surface area contributed by atoms with Crippen LogP contribution in [0.25, 0.3) is 0 Å². The van der Waals surface area contributed by atoms with Gasteiger partial charge in [-0.2, -0.15) is 0 Å². The molecule has 6 rings (SSSR count). The Morgan fingerprint density at radius 3 is 1.31 bits per heavy atom. The maximum Gasteiger partial charge on any atom is 0.333 e. The van der Waals surface area contributed by atoms with E-state index in [1.807, 2.05) is 22.8 Å². The first-order valence-electron chi connectivity index (χ1n) is 18.2. The minimum absolute atomic E-state index is 0.190. The summed E-state index contributed by atoms with van der Waals surface area (Å²) >= 11 is 0. The second-order valence-corrected chi connectivity index (χ2v) is 18.7. The minimum Gasteiger partial charge on any atom is -0.272 e. The number of rotatable bonds is 8. The van der Waals surface area contributed by atoms with Crippen molar-refractivity contribution in [2.24, 2.45) is 28.4 Å². The number of aromatic nitrogens is 2. The van der Waals surface area contributed by atoms with Crippen LogP contribution in [0.1, 0.15) is 92.9 Å². The highest BCUT2D eigenvalue weighted by molar-refractivity contribution is 7.87. The molecule has 6 heteroatoms. The van der Waals surface area contributed by atoms with Crippen LogP contribution in [0.4, 0.5) is 5.82 Å². The molecule has 5 nitrogen and oxygen atoms in total. The van der Waals surface area contributed by atoms with Crippen molar-refractivity contribution in [2.45, 2.75) is 104 Å². The SMILES string of the molecule is CC(C)C1CCC(C)(n2c(N=P(c3ccccc3)(c3ccccc3)c3ccccc3)cc(=O)n(C3(C)CCC(C(C)C)CC3)c2=O)CC1. The van der Waals surface area contributed by atoms with E-state index < -0.39 is 18.1 Å². The summed E-state index contributed by atoms with van der Waals surface area (Å²) in [5.41, 5.74) is -1.39. The van der Waals surface area contributed by atoms with Gasteiger partial charge in [0, 0.05) is 33.1 Å². The molecule has 3 aromatic carbocycles. The van der Waals surface area contributed by atoms with Gasteiger partial charge in [0.1, 0.15) is 5.82 Å². The van der Waals surface area contributed by atoms with E-state index in [4.69, 9.17) is 4.74 Å². The molecule has 0 saturated heterocycles. The minimum atomic E-state index is -2.72. The van der Waals surface area contributed by atoms with Crippen molar-refractivity contribution in [3.8, 4) is 0 Å². The van der Waals surface area contributed by atoms with Crippen molar-refractivity contribution in [3.05, 3.63) is 118 Å².